The van der Waals surface area contributed by atoms with Gasteiger partial charge in [0, 0.05) is 30.1 Å². The van der Waals surface area contributed by atoms with Gasteiger partial charge in [-0.15, -0.1) is 0 Å². The summed E-state index contributed by atoms with van der Waals surface area (Å²) in [6, 6.07) is 2.51. The highest BCUT2D eigenvalue weighted by molar-refractivity contribution is 9.10. The Hall–Kier alpha value is -1.14. The quantitative estimate of drug-likeness (QED) is 0.808. The fourth-order valence-corrected chi connectivity index (χ4v) is 2.24. The lowest BCUT2D eigenvalue weighted by Gasteiger charge is -2.38. The smallest absolute Gasteiger partial charge is 0.255 e. The second-order valence-electron chi connectivity index (χ2n) is 4.11. The van der Waals surface area contributed by atoms with Crippen molar-refractivity contribution in [3.63, 3.8) is 0 Å². The van der Waals surface area contributed by atoms with Crippen molar-refractivity contribution in [3.05, 3.63) is 28.0 Å². The van der Waals surface area contributed by atoms with Crippen LogP contribution in [0, 0.1) is 11.7 Å². The Morgan fingerprint density at radius 2 is 2.24 bits per heavy atom. The van der Waals surface area contributed by atoms with E-state index in [4.69, 9.17) is 10.8 Å². The van der Waals surface area contributed by atoms with E-state index < -0.39 is 5.82 Å². The van der Waals surface area contributed by atoms with Crippen LogP contribution < -0.4 is 5.73 Å². The fourth-order valence-electron chi connectivity index (χ4n) is 1.75. The van der Waals surface area contributed by atoms with Crippen LogP contribution in [-0.2, 0) is 0 Å². The number of nitrogens with two attached hydrogens (primary N) is 1. The molecular formula is C11H12BrFN2O2. The maximum Gasteiger partial charge on any atom is 0.255 e. The number of carbonyl (C=O) groups is 1. The van der Waals surface area contributed by atoms with Crippen LogP contribution in [-0.4, -0.2) is 35.6 Å². The van der Waals surface area contributed by atoms with Crippen molar-refractivity contribution in [2.75, 3.05) is 25.4 Å². The van der Waals surface area contributed by atoms with Gasteiger partial charge in [0.25, 0.3) is 5.91 Å². The average Bonchev–Trinajstić information content (AvgIpc) is 2.21. The molecule has 0 aromatic heterocycles. The number of aliphatic hydroxyl groups excluding tert-OH is 1. The van der Waals surface area contributed by atoms with Crippen LogP contribution in [0.15, 0.2) is 16.6 Å². The normalized spacial score (nSPS) is 15.8. The topological polar surface area (TPSA) is 66.6 Å². The number of carbonyl (C=O) groups excluding carboxylic acids is 1. The molecule has 1 aromatic carbocycles. The second-order valence-corrected chi connectivity index (χ2v) is 4.97. The van der Waals surface area contributed by atoms with Crippen molar-refractivity contribution < 1.29 is 14.3 Å². The number of halogens is 2. The Labute approximate surface area is 106 Å². The van der Waals surface area contributed by atoms with Crippen LogP contribution in [0.25, 0.3) is 0 Å². The molecule has 3 N–H and O–H groups in total. The van der Waals surface area contributed by atoms with Crippen LogP contribution in [0.5, 0.6) is 0 Å². The molecule has 4 nitrogen and oxygen atoms in total. The molecule has 6 heteroatoms. The van der Waals surface area contributed by atoms with E-state index in [9.17, 15) is 9.18 Å². The van der Waals surface area contributed by atoms with Crippen LogP contribution in [0.3, 0.4) is 0 Å². The van der Waals surface area contributed by atoms with E-state index in [0.717, 1.165) is 0 Å². The number of anilines is 1. The van der Waals surface area contributed by atoms with E-state index in [1.165, 1.54) is 12.1 Å². The van der Waals surface area contributed by atoms with Gasteiger partial charge in [-0.1, -0.05) is 0 Å². The van der Waals surface area contributed by atoms with Gasteiger partial charge in [0.1, 0.15) is 5.82 Å². The molecule has 0 saturated carbocycles. The summed E-state index contributed by atoms with van der Waals surface area (Å²) >= 11 is 3.14. The van der Waals surface area contributed by atoms with Crippen LogP contribution >= 0.6 is 15.9 Å². The van der Waals surface area contributed by atoms with E-state index >= 15 is 0 Å². The van der Waals surface area contributed by atoms with Gasteiger partial charge in [0.15, 0.2) is 0 Å². The molecule has 0 aliphatic carbocycles. The highest BCUT2D eigenvalue weighted by Crippen LogP contribution is 2.26. The number of amides is 1. The number of hydrogen-bond donors (Lipinski definition) is 2. The molecule has 1 aliphatic rings. The summed E-state index contributed by atoms with van der Waals surface area (Å²) in [7, 11) is 0. The first-order valence-corrected chi connectivity index (χ1v) is 5.97. The van der Waals surface area contributed by atoms with Crippen molar-refractivity contribution in [2.24, 2.45) is 5.92 Å². The maximum atomic E-state index is 13.1. The number of benzene rings is 1. The van der Waals surface area contributed by atoms with Gasteiger partial charge in [0.05, 0.1) is 11.3 Å². The third-order valence-electron chi connectivity index (χ3n) is 2.82. The summed E-state index contributed by atoms with van der Waals surface area (Å²) < 4.78 is 13.5. The average molecular weight is 303 g/mol. The van der Waals surface area contributed by atoms with Crippen molar-refractivity contribution >= 4 is 27.5 Å². The third-order valence-corrected chi connectivity index (χ3v) is 3.48. The Bertz CT molecular complexity index is 461. The third kappa shape index (κ3) is 2.28. The Morgan fingerprint density at radius 3 is 2.82 bits per heavy atom. The largest absolute Gasteiger partial charge is 0.396 e. The monoisotopic (exact) mass is 302 g/mol. The summed E-state index contributed by atoms with van der Waals surface area (Å²) in [5.74, 6) is -0.603. The molecule has 0 spiro atoms. The molecule has 1 fully saturated rings. The molecule has 0 atom stereocenters. The highest BCUT2D eigenvalue weighted by atomic mass is 79.9. The Balaban J connectivity index is 2.18. The number of nitrogen functional groups attached to an aromatic ring is 1. The summed E-state index contributed by atoms with van der Waals surface area (Å²) in [5.41, 5.74) is 5.74. The predicted octanol–water partition coefficient (Wildman–Crippen LogP) is 1.23. The van der Waals surface area contributed by atoms with Crippen molar-refractivity contribution in [1.29, 1.82) is 0 Å². The molecule has 1 saturated heterocycles. The second kappa shape index (κ2) is 4.62. The molecular weight excluding hydrogens is 291 g/mol. The Morgan fingerprint density at radius 1 is 1.59 bits per heavy atom. The minimum Gasteiger partial charge on any atom is -0.396 e. The molecule has 0 bridgehead atoms. The van der Waals surface area contributed by atoms with Gasteiger partial charge in [-0.05, 0) is 28.1 Å². The van der Waals surface area contributed by atoms with Gasteiger partial charge < -0.3 is 15.7 Å². The number of nitrogens with zero attached hydrogens (tertiary/aromatic N) is 1. The number of likely N-dealkylation sites (tertiary alicyclic amines) is 1. The first-order chi connectivity index (χ1) is 8.02. The zero-order chi connectivity index (χ0) is 12.6. The predicted molar refractivity (Wildman–Crippen MR) is 65.0 cm³/mol. The first kappa shape index (κ1) is 12.3. The van der Waals surface area contributed by atoms with Gasteiger partial charge >= 0.3 is 0 Å². The highest BCUT2D eigenvalue weighted by Gasteiger charge is 2.31. The van der Waals surface area contributed by atoms with Crippen molar-refractivity contribution in [2.45, 2.75) is 0 Å². The standard InChI is InChI=1S/C11H12BrFN2O2/c12-8-2-9(13)10(14)1-7(8)11(17)15-3-6(4-15)5-16/h1-2,6,16H,3-5,14H2. The molecule has 1 amide bonds. The van der Waals surface area contributed by atoms with E-state index in [0.29, 0.717) is 23.1 Å². The molecule has 92 valence electrons. The lowest BCUT2D eigenvalue weighted by Crippen LogP contribution is -2.51. The summed E-state index contributed by atoms with van der Waals surface area (Å²) in [5, 5.41) is 8.87. The summed E-state index contributed by atoms with van der Waals surface area (Å²) in [4.78, 5) is 13.6. The number of rotatable bonds is 2. The molecule has 1 aliphatic heterocycles. The zero-order valence-electron chi connectivity index (χ0n) is 8.99. The van der Waals surface area contributed by atoms with E-state index in [1.54, 1.807) is 4.90 Å². The number of hydrogen-bond acceptors (Lipinski definition) is 3. The van der Waals surface area contributed by atoms with Crippen molar-refractivity contribution in [1.82, 2.24) is 4.90 Å². The summed E-state index contributed by atoms with van der Waals surface area (Å²) in [6.45, 7) is 1.13. The maximum absolute atomic E-state index is 13.1. The van der Waals surface area contributed by atoms with Gasteiger partial charge in [-0.25, -0.2) is 4.39 Å². The minimum absolute atomic E-state index is 0.0456. The lowest BCUT2D eigenvalue weighted by molar-refractivity contribution is 0.0361. The molecule has 1 heterocycles. The first-order valence-electron chi connectivity index (χ1n) is 5.17. The van der Waals surface area contributed by atoms with Crippen molar-refractivity contribution in [3.8, 4) is 0 Å². The molecule has 0 unspecified atom stereocenters. The van der Waals surface area contributed by atoms with Gasteiger partial charge in [0.2, 0.25) is 0 Å². The van der Waals surface area contributed by atoms with E-state index in [2.05, 4.69) is 15.9 Å². The molecule has 0 radical (unpaired) electrons. The Kier molecular flexibility index (Phi) is 3.35. The summed E-state index contributed by atoms with van der Waals surface area (Å²) in [6.07, 6.45) is 0. The zero-order valence-corrected chi connectivity index (χ0v) is 10.6. The molecule has 1 aromatic rings. The lowest BCUT2D eigenvalue weighted by atomic mass is 10.00. The van der Waals surface area contributed by atoms with Crippen LogP contribution in [0.2, 0.25) is 0 Å². The SMILES string of the molecule is Nc1cc(C(=O)N2CC(CO)C2)c(Br)cc1F. The van der Waals surface area contributed by atoms with Crippen LogP contribution in [0.1, 0.15) is 10.4 Å². The van der Waals surface area contributed by atoms with E-state index in [-0.39, 0.29) is 24.1 Å². The molecule has 17 heavy (non-hydrogen) atoms. The van der Waals surface area contributed by atoms with Crippen LogP contribution in [0.4, 0.5) is 10.1 Å². The number of aliphatic hydroxyl groups is 1. The van der Waals surface area contributed by atoms with E-state index in [1.807, 2.05) is 0 Å². The minimum atomic E-state index is -0.551. The molecule has 2 rings (SSSR count). The fraction of sp³-hybridized carbons (Fsp3) is 0.364. The van der Waals surface area contributed by atoms with Gasteiger partial charge in [-0.2, -0.15) is 0 Å². The van der Waals surface area contributed by atoms with Gasteiger partial charge in [-0.3, -0.25) is 4.79 Å².